The van der Waals surface area contributed by atoms with Gasteiger partial charge in [0.15, 0.2) is 0 Å². The quantitative estimate of drug-likeness (QED) is 0.811. The van der Waals surface area contributed by atoms with Crippen molar-refractivity contribution < 1.29 is 13.2 Å². The predicted molar refractivity (Wildman–Crippen MR) is 68.8 cm³/mol. The Labute approximate surface area is 108 Å². The Balaban J connectivity index is 2.13. The Hall–Kier alpha value is -1.75. The van der Waals surface area contributed by atoms with Crippen LogP contribution in [-0.4, -0.2) is 18.1 Å². The average Bonchev–Trinajstić information content (AvgIpc) is 2.81. The molecule has 2 N–H and O–H groups in total. The van der Waals surface area contributed by atoms with E-state index >= 15 is 0 Å². The SMILES string of the molecule is FC(F)(F)c1ccc2[nH]cc(C3=CCNCC3)c2c1. The molecule has 0 saturated heterocycles. The van der Waals surface area contributed by atoms with Crippen LogP contribution in [0.3, 0.4) is 0 Å². The molecule has 3 rings (SSSR count). The second kappa shape index (κ2) is 4.42. The molecule has 2 aromatic rings. The number of hydrogen-bond acceptors (Lipinski definition) is 1. The Morgan fingerprint density at radius 1 is 1.16 bits per heavy atom. The lowest BCUT2D eigenvalue weighted by molar-refractivity contribution is -0.137. The van der Waals surface area contributed by atoms with Crippen molar-refractivity contribution in [2.45, 2.75) is 12.6 Å². The van der Waals surface area contributed by atoms with Gasteiger partial charge in [0.2, 0.25) is 0 Å². The van der Waals surface area contributed by atoms with E-state index in [0.29, 0.717) is 5.39 Å². The van der Waals surface area contributed by atoms with E-state index in [9.17, 15) is 13.2 Å². The van der Waals surface area contributed by atoms with Crippen LogP contribution < -0.4 is 5.32 Å². The highest BCUT2D eigenvalue weighted by Crippen LogP contribution is 2.34. The highest BCUT2D eigenvalue weighted by atomic mass is 19.4. The smallest absolute Gasteiger partial charge is 0.361 e. The van der Waals surface area contributed by atoms with Crippen LogP contribution in [0.15, 0.2) is 30.5 Å². The van der Waals surface area contributed by atoms with Crippen LogP contribution in [0.5, 0.6) is 0 Å². The summed E-state index contributed by atoms with van der Waals surface area (Å²) in [5, 5.41) is 3.84. The molecule has 0 saturated carbocycles. The van der Waals surface area contributed by atoms with Crippen molar-refractivity contribution in [3.05, 3.63) is 41.6 Å². The molecule has 0 aliphatic carbocycles. The molecule has 0 fully saturated rings. The first-order valence-corrected chi connectivity index (χ1v) is 6.14. The lowest BCUT2D eigenvalue weighted by Crippen LogP contribution is -2.19. The highest BCUT2D eigenvalue weighted by Gasteiger charge is 2.30. The standard InChI is InChI=1S/C14H13F3N2/c15-14(16,17)10-1-2-13-11(7-10)12(8-19-13)9-3-5-18-6-4-9/h1-3,7-8,18-19H,4-6H2. The van der Waals surface area contributed by atoms with Gasteiger partial charge in [-0.2, -0.15) is 13.2 Å². The van der Waals surface area contributed by atoms with E-state index < -0.39 is 11.7 Å². The van der Waals surface area contributed by atoms with Gasteiger partial charge in [-0.15, -0.1) is 0 Å². The molecule has 5 heteroatoms. The summed E-state index contributed by atoms with van der Waals surface area (Å²) < 4.78 is 38.3. The van der Waals surface area contributed by atoms with E-state index in [-0.39, 0.29) is 0 Å². The lowest BCUT2D eigenvalue weighted by atomic mass is 9.98. The molecule has 0 spiro atoms. The van der Waals surface area contributed by atoms with Gasteiger partial charge in [0, 0.05) is 29.2 Å². The molecule has 0 amide bonds. The zero-order valence-corrected chi connectivity index (χ0v) is 10.1. The first-order valence-electron chi connectivity index (χ1n) is 6.14. The largest absolute Gasteiger partial charge is 0.416 e. The summed E-state index contributed by atoms with van der Waals surface area (Å²) in [6.45, 7) is 1.62. The molecule has 1 aromatic heterocycles. The predicted octanol–water partition coefficient (Wildman–Crippen LogP) is 3.56. The van der Waals surface area contributed by atoms with Gasteiger partial charge in [0.25, 0.3) is 0 Å². The van der Waals surface area contributed by atoms with Crippen LogP contribution in [0.2, 0.25) is 0 Å². The van der Waals surface area contributed by atoms with Crippen LogP contribution in [0, 0.1) is 0 Å². The van der Waals surface area contributed by atoms with Gasteiger partial charge in [0.05, 0.1) is 5.56 Å². The Morgan fingerprint density at radius 3 is 2.68 bits per heavy atom. The molecule has 19 heavy (non-hydrogen) atoms. The Kier molecular flexibility index (Phi) is 2.86. The fourth-order valence-corrected chi connectivity index (χ4v) is 2.43. The number of nitrogens with one attached hydrogen (secondary N) is 2. The summed E-state index contributed by atoms with van der Waals surface area (Å²) in [6, 6.07) is 3.83. The van der Waals surface area contributed by atoms with Crippen molar-refractivity contribution in [1.82, 2.24) is 10.3 Å². The van der Waals surface area contributed by atoms with Gasteiger partial charge in [-0.3, -0.25) is 0 Å². The maximum atomic E-state index is 12.8. The summed E-state index contributed by atoms with van der Waals surface area (Å²) in [5.41, 5.74) is 2.12. The molecule has 0 atom stereocenters. The van der Waals surface area contributed by atoms with Gasteiger partial charge in [0.1, 0.15) is 0 Å². The topological polar surface area (TPSA) is 27.8 Å². The lowest BCUT2D eigenvalue weighted by Gasteiger charge is -2.13. The molecule has 2 nitrogen and oxygen atoms in total. The number of rotatable bonds is 1. The third-order valence-corrected chi connectivity index (χ3v) is 3.42. The van der Waals surface area contributed by atoms with Crippen LogP contribution >= 0.6 is 0 Å². The number of hydrogen-bond donors (Lipinski definition) is 2. The number of benzene rings is 1. The van der Waals surface area contributed by atoms with Crippen molar-refractivity contribution in [2.75, 3.05) is 13.1 Å². The number of aromatic nitrogens is 1. The first kappa shape index (κ1) is 12.3. The summed E-state index contributed by atoms with van der Waals surface area (Å²) in [7, 11) is 0. The van der Waals surface area contributed by atoms with Gasteiger partial charge >= 0.3 is 6.18 Å². The third kappa shape index (κ3) is 2.26. The van der Waals surface area contributed by atoms with E-state index in [4.69, 9.17) is 0 Å². The average molecular weight is 266 g/mol. The monoisotopic (exact) mass is 266 g/mol. The fraction of sp³-hybridized carbons (Fsp3) is 0.286. The van der Waals surface area contributed by atoms with Crippen molar-refractivity contribution in [3.8, 4) is 0 Å². The second-order valence-corrected chi connectivity index (χ2v) is 4.64. The molecule has 1 aliphatic heterocycles. The van der Waals surface area contributed by atoms with Crippen LogP contribution in [0.4, 0.5) is 13.2 Å². The second-order valence-electron chi connectivity index (χ2n) is 4.64. The van der Waals surface area contributed by atoms with E-state index in [1.165, 1.54) is 12.1 Å². The molecule has 0 radical (unpaired) electrons. The third-order valence-electron chi connectivity index (χ3n) is 3.42. The Morgan fingerprint density at radius 2 is 2.00 bits per heavy atom. The molecule has 0 unspecified atom stereocenters. The van der Waals surface area contributed by atoms with Crippen LogP contribution in [0.25, 0.3) is 16.5 Å². The summed E-state index contributed by atoms with van der Waals surface area (Å²) in [4.78, 5) is 3.04. The molecule has 100 valence electrons. The number of aromatic amines is 1. The minimum Gasteiger partial charge on any atom is -0.361 e. The minimum atomic E-state index is -4.30. The van der Waals surface area contributed by atoms with E-state index in [2.05, 4.69) is 10.3 Å². The maximum absolute atomic E-state index is 12.8. The zero-order valence-electron chi connectivity index (χ0n) is 10.1. The summed E-state index contributed by atoms with van der Waals surface area (Å²) in [6.07, 6.45) is 0.364. The minimum absolute atomic E-state index is 0.601. The molecule has 1 aromatic carbocycles. The molecule has 2 heterocycles. The number of H-pyrrole nitrogens is 1. The maximum Gasteiger partial charge on any atom is 0.416 e. The van der Waals surface area contributed by atoms with Crippen LogP contribution in [0.1, 0.15) is 17.5 Å². The van der Waals surface area contributed by atoms with Gasteiger partial charge in [-0.1, -0.05) is 6.08 Å². The molecular formula is C14H13F3N2. The molecule has 1 aliphatic rings. The van der Waals surface area contributed by atoms with Crippen molar-refractivity contribution in [1.29, 1.82) is 0 Å². The van der Waals surface area contributed by atoms with E-state index in [0.717, 1.165) is 42.2 Å². The highest BCUT2D eigenvalue weighted by molar-refractivity contribution is 5.93. The van der Waals surface area contributed by atoms with Crippen molar-refractivity contribution in [2.24, 2.45) is 0 Å². The zero-order chi connectivity index (χ0) is 13.5. The number of alkyl halides is 3. The van der Waals surface area contributed by atoms with E-state index in [1.807, 2.05) is 6.08 Å². The van der Waals surface area contributed by atoms with Crippen molar-refractivity contribution in [3.63, 3.8) is 0 Å². The normalized spacial score (nSPS) is 16.7. The van der Waals surface area contributed by atoms with Crippen molar-refractivity contribution >= 4 is 16.5 Å². The van der Waals surface area contributed by atoms with E-state index in [1.54, 1.807) is 6.20 Å². The van der Waals surface area contributed by atoms with Gasteiger partial charge in [-0.25, -0.2) is 0 Å². The number of fused-ring (bicyclic) bond motifs is 1. The molecular weight excluding hydrogens is 253 g/mol. The fourth-order valence-electron chi connectivity index (χ4n) is 2.43. The summed E-state index contributed by atoms with van der Waals surface area (Å²) >= 11 is 0. The first-order chi connectivity index (χ1) is 9.05. The Bertz CT molecular complexity index is 638. The number of halogens is 3. The molecule has 0 bridgehead atoms. The van der Waals surface area contributed by atoms with Crippen LogP contribution in [-0.2, 0) is 6.18 Å². The van der Waals surface area contributed by atoms with Gasteiger partial charge < -0.3 is 10.3 Å². The van der Waals surface area contributed by atoms with Gasteiger partial charge in [-0.05, 0) is 36.7 Å². The summed E-state index contributed by atoms with van der Waals surface area (Å²) in [5.74, 6) is 0.